The van der Waals surface area contributed by atoms with E-state index in [1.807, 2.05) is 24.6 Å². The van der Waals surface area contributed by atoms with Crippen LogP contribution in [0, 0.1) is 6.92 Å². The molecule has 0 aliphatic carbocycles. The van der Waals surface area contributed by atoms with Gasteiger partial charge in [-0.3, -0.25) is 9.48 Å². The Morgan fingerprint density at radius 3 is 3.00 bits per heavy atom. The van der Waals surface area contributed by atoms with Gasteiger partial charge in [0, 0.05) is 42.9 Å². The smallest absolute Gasteiger partial charge is 0.222 e. The molecule has 5 nitrogen and oxygen atoms in total. The fourth-order valence-corrected chi connectivity index (χ4v) is 3.82. The van der Waals surface area contributed by atoms with Crippen LogP contribution in [-0.2, 0) is 17.8 Å². The van der Waals surface area contributed by atoms with E-state index in [0.29, 0.717) is 13.0 Å². The van der Waals surface area contributed by atoms with Gasteiger partial charge < -0.3 is 5.32 Å². The number of hydrogen-bond acceptors (Lipinski definition) is 5. The molecule has 0 unspecified atom stereocenters. The zero-order chi connectivity index (χ0) is 16.1. The van der Waals surface area contributed by atoms with Gasteiger partial charge >= 0.3 is 0 Å². The minimum absolute atomic E-state index is 0.0218. The molecule has 3 rings (SSSR count). The fraction of sp³-hybridized carbons (Fsp3) is 0.312. The van der Waals surface area contributed by atoms with Crippen molar-refractivity contribution in [1.29, 1.82) is 0 Å². The van der Waals surface area contributed by atoms with Crippen LogP contribution in [0.4, 0.5) is 0 Å². The number of thiazole rings is 1. The second-order valence-electron chi connectivity index (χ2n) is 5.30. The molecule has 1 N–H and O–H groups in total. The third kappa shape index (κ3) is 4.49. The topological polar surface area (TPSA) is 59.8 Å². The Labute approximate surface area is 143 Å². The van der Waals surface area contributed by atoms with Gasteiger partial charge in [0.2, 0.25) is 5.91 Å². The molecule has 0 saturated carbocycles. The summed E-state index contributed by atoms with van der Waals surface area (Å²) in [6.07, 6.45) is 4.76. The van der Waals surface area contributed by atoms with Gasteiger partial charge in [-0.1, -0.05) is 0 Å². The molecule has 0 radical (unpaired) electrons. The minimum Gasteiger partial charge on any atom is -0.346 e. The molecule has 0 aromatic carbocycles. The van der Waals surface area contributed by atoms with Gasteiger partial charge in [-0.25, -0.2) is 4.98 Å². The van der Waals surface area contributed by atoms with Crippen LogP contribution >= 0.6 is 22.7 Å². The lowest BCUT2D eigenvalue weighted by Crippen LogP contribution is -2.30. The molecule has 0 aliphatic rings. The van der Waals surface area contributed by atoms with E-state index < -0.39 is 0 Å². The molecule has 0 bridgehead atoms. The van der Waals surface area contributed by atoms with Crippen molar-refractivity contribution < 1.29 is 4.79 Å². The van der Waals surface area contributed by atoms with Crippen LogP contribution in [0.25, 0.3) is 0 Å². The summed E-state index contributed by atoms with van der Waals surface area (Å²) in [7, 11) is 0. The highest BCUT2D eigenvalue weighted by atomic mass is 32.1. The van der Waals surface area contributed by atoms with Gasteiger partial charge in [-0.05, 0) is 35.4 Å². The van der Waals surface area contributed by atoms with Crippen LogP contribution in [0.2, 0.25) is 0 Å². The molecule has 0 fully saturated rings. The van der Waals surface area contributed by atoms with E-state index in [0.717, 1.165) is 17.1 Å². The van der Waals surface area contributed by atoms with E-state index in [4.69, 9.17) is 0 Å². The zero-order valence-electron chi connectivity index (χ0n) is 12.8. The highest BCUT2D eigenvalue weighted by Crippen LogP contribution is 2.23. The van der Waals surface area contributed by atoms with Crippen molar-refractivity contribution in [2.24, 2.45) is 0 Å². The SMILES string of the molecule is Cc1csc([C@@H](Cc2ccsc2)NC(=O)CCn2cccn2)n1. The summed E-state index contributed by atoms with van der Waals surface area (Å²) >= 11 is 3.27. The Kier molecular flexibility index (Phi) is 5.19. The number of amides is 1. The van der Waals surface area contributed by atoms with Crippen molar-refractivity contribution in [2.45, 2.75) is 32.4 Å². The molecule has 0 saturated heterocycles. The first-order valence-corrected chi connectivity index (χ1v) is 9.23. The van der Waals surface area contributed by atoms with Crippen LogP contribution < -0.4 is 5.32 Å². The van der Waals surface area contributed by atoms with Crippen LogP contribution in [0.1, 0.15) is 28.7 Å². The quantitative estimate of drug-likeness (QED) is 0.715. The summed E-state index contributed by atoms with van der Waals surface area (Å²) in [6, 6.07) is 3.87. The summed E-state index contributed by atoms with van der Waals surface area (Å²) in [5.74, 6) is 0.0218. The predicted molar refractivity (Wildman–Crippen MR) is 92.6 cm³/mol. The van der Waals surface area contributed by atoms with Crippen LogP contribution in [-0.4, -0.2) is 20.7 Å². The second-order valence-corrected chi connectivity index (χ2v) is 6.97. The molecule has 1 amide bonds. The molecule has 1 atom stereocenters. The lowest BCUT2D eigenvalue weighted by molar-refractivity contribution is -0.122. The first-order valence-electron chi connectivity index (χ1n) is 7.40. The number of carbonyl (C=O) groups excluding carboxylic acids is 1. The molecular formula is C16H18N4OS2. The first kappa shape index (κ1) is 15.9. The maximum absolute atomic E-state index is 12.3. The van der Waals surface area contributed by atoms with Crippen LogP contribution in [0.3, 0.4) is 0 Å². The highest BCUT2D eigenvalue weighted by Gasteiger charge is 2.18. The number of aromatic nitrogens is 3. The van der Waals surface area contributed by atoms with Crippen LogP contribution in [0.15, 0.2) is 40.7 Å². The van der Waals surface area contributed by atoms with E-state index in [9.17, 15) is 4.79 Å². The lowest BCUT2D eigenvalue weighted by Gasteiger charge is -2.16. The molecule has 0 aliphatic heterocycles. The lowest BCUT2D eigenvalue weighted by atomic mass is 10.1. The van der Waals surface area contributed by atoms with E-state index in [1.54, 1.807) is 33.6 Å². The molecule has 3 heterocycles. The fourth-order valence-electron chi connectivity index (χ4n) is 2.29. The number of nitrogens with one attached hydrogen (secondary N) is 1. The van der Waals surface area contributed by atoms with Crippen LogP contribution in [0.5, 0.6) is 0 Å². The zero-order valence-corrected chi connectivity index (χ0v) is 14.4. The van der Waals surface area contributed by atoms with E-state index in [2.05, 4.69) is 32.2 Å². The summed E-state index contributed by atoms with van der Waals surface area (Å²) in [5.41, 5.74) is 2.21. The average molecular weight is 346 g/mol. The molecule has 3 aromatic rings. The summed E-state index contributed by atoms with van der Waals surface area (Å²) in [6.45, 7) is 2.56. The van der Waals surface area contributed by atoms with Crippen molar-refractivity contribution in [3.05, 3.63) is 56.9 Å². The predicted octanol–water partition coefficient (Wildman–Crippen LogP) is 3.20. The van der Waals surface area contributed by atoms with Gasteiger partial charge in [0.15, 0.2) is 0 Å². The van der Waals surface area contributed by atoms with Crippen molar-refractivity contribution in [1.82, 2.24) is 20.1 Å². The van der Waals surface area contributed by atoms with E-state index in [1.165, 1.54) is 5.56 Å². The van der Waals surface area contributed by atoms with E-state index >= 15 is 0 Å². The monoisotopic (exact) mass is 346 g/mol. The molecule has 23 heavy (non-hydrogen) atoms. The molecule has 0 spiro atoms. The minimum atomic E-state index is -0.0755. The molecule has 120 valence electrons. The number of carbonyl (C=O) groups is 1. The maximum atomic E-state index is 12.3. The van der Waals surface area contributed by atoms with E-state index in [-0.39, 0.29) is 11.9 Å². The maximum Gasteiger partial charge on any atom is 0.222 e. The second kappa shape index (κ2) is 7.52. The summed E-state index contributed by atoms with van der Waals surface area (Å²) in [5, 5.41) is 14.4. The Morgan fingerprint density at radius 1 is 1.43 bits per heavy atom. The highest BCUT2D eigenvalue weighted by molar-refractivity contribution is 7.09. The normalized spacial score (nSPS) is 12.2. The number of aryl methyl sites for hydroxylation is 2. The Balaban J connectivity index is 1.64. The third-order valence-electron chi connectivity index (χ3n) is 3.42. The van der Waals surface area contributed by atoms with Crippen molar-refractivity contribution in [2.75, 3.05) is 0 Å². The Morgan fingerprint density at radius 2 is 2.35 bits per heavy atom. The number of hydrogen-bond donors (Lipinski definition) is 1. The molecular weight excluding hydrogens is 328 g/mol. The third-order valence-corrected chi connectivity index (χ3v) is 5.23. The Hall–Kier alpha value is -1.99. The molecule has 7 heteroatoms. The largest absolute Gasteiger partial charge is 0.346 e. The van der Waals surface area contributed by atoms with Gasteiger partial charge in [-0.15, -0.1) is 11.3 Å². The van der Waals surface area contributed by atoms with Gasteiger partial charge in [0.05, 0.1) is 6.04 Å². The van der Waals surface area contributed by atoms with Crippen molar-refractivity contribution in [3.63, 3.8) is 0 Å². The number of rotatable bonds is 7. The van der Waals surface area contributed by atoms with Gasteiger partial charge in [-0.2, -0.15) is 16.4 Å². The standard InChI is InChI=1S/C16H18N4OS2/c1-12-10-23-16(18-12)14(9-13-4-8-22-11-13)19-15(21)3-7-20-6-2-5-17-20/h2,4-6,8,10-11,14H,3,7,9H2,1H3,(H,19,21)/t14-/m1/s1. The van der Waals surface area contributed by atoms with Crippen molar-refractivity contribution >= 4 is 28.6 Å². The Bertz CT molecular complexity index is 734. The van der Waals surface area contributed by atoms with Gasteiger partial charge in [0.1, 0.15) is 5.01 Å². The molecule has 3 aromatic heterocycles. The average Bonchev–Trinajstić information content (AvgIpc) is 3.27. The number of thiophene rings is 1. The van der Waals surface area contributed by atoms with Crippen molar-refractivity contribution in [3.8, 4) is 0 Å². The summed E-state index contributed by atoms with van der Waals surface area (Å²) < 4.78 is 1.76. The number of nitrogens with zero attached hydrogens (tertiary/aromatic N) is 3. The van der Waals surface area contributed by atoms with Gasteiger partial charge in [0.25, 0.3) is 0 Å². The first-order chi connectivity index (χ1) is 11.2. The summed E-state index contributed by atoms with van der Waals surface area (Å²) in [4.78, 5) is 16.8.